The van der Waals surface area contributed by atoms with E-state index >= 15 is 0 Å². The van der Waals surface area contributed by atoms with Gasteiger partial charge in [-0.15, -0.1) is 0 Å². The van der Waals surface area contributed by atoms with Gasteiger partial charge in [0.25, 0.3) is 0 Å². The largest absolute Gasteiger partial charge is 0.468 e. The first kappa shape index (κ1) is 26.6. The molecule has 0 saturated carbocycles. The minimum absolute atomic E-state index is 0.0569. The number of hydrogen-bond acceptors (Lipinski definition) is 10. The van der Waals surface area contributed by atoms with E-state index in [4.69, 9.17) is 31.1 Å². The number of methoxy groups -OCH3 is 1. The number of rotatable bonds is 9. The lowest BCUT2D eigenvalue weighted by molar-refractivity contribution is -0.142. The van der Waals surface area contributed by atoms with Gasteiger partial charge in [0.15, 0.2) is 0 Å². The van der Waals surface area contributed by atoms with Gasteiger partial charge in [0, 0.05) is 17.1 Å². The lowest BCUT2D eigenvalue weighted by Crippen LogP contribution is -2.36. The van der Waals surface area contributed by atoms with E-state index in [1.54, 1.807) is 25.2 Å². The number of ether oxygens (including phenoxy) is 2. The summed E-state index contributed by atoms with van der Waals surface area (Å²) < 4.78 is 36.5. The molecule has 1 fully saturated rings. The highest BCUT2D eigenvalue weighted by atomic mass is 35.5. The van der Waals surface area contributed by atoms with Gasteiger partial charge in [-0.2, -0.15) is 4.98 Å². The topological polar surface area (TPSA) is 164 Å². The van der Waals surface area contributed by atoms with Gasteiger partial charge in [-0.05, 0) is 25.5 Å². The summed E-state index contributed by atoms with van der Waals surface area (Å²) in [5.74, 6) is -1.15. The van der Waals surface area contributed by atoms with Crippen LogP contribution in [0.4, 0.5) is 5.82 Å². The number of hydrogen-bond donors (Lipinski definition) is 3. The molecule has 2 aliphatic rings. The Labute approximate surface area is 201 Å². The number of esters is 1. The van der Waals surface area contributed by atoms with E-state index in [-0.39, 0.29) is 12.4 Å². The van der Waals surface area contributed by atoms with E-state index in [1.807, 2.05) is 0 Å². The summed E-state index contributed by atoms with van der Waals surface area (Å²) in [6.07, 6.45) is 3.21. The fourth-order valence-corrected chi connectivity index (χ4v) is 5.47. The number of anilines is 1. The van der Waals surface area contributed by atoms with Crippen LogP contribution in [-0.4, -0.2) is 58.7 Å². The SMILES string of the molecule is COC(=O)C(C)NP(=O)(OCC1OC(n2ccc(N)nc2=O)C(C)C1O)OC1CC=CC=C1Cl. The van der Waals surface area contributed by atoms with E-state index in [0.717, 1.165) is 0 Å². The van der Waals surface area contributed by atoms with Crippen molar-refractivity contribution >= 4 is 31.1 Å². The second-order valence-electron chi connectivity index (χ2n) is 7.93. The third-order valence-corrected chi connectivity index (χ3v) is 7.53. The number of nitrogens with zero attached hydrogens (tertiary/aromatic N) is 2. The molecule has 0 radical (unpaired) electrons. The molecular formula is C20H28ClN4O8P. The Morgan fingerprint density at radius 2 is 2.26 bits per heavy atom. The molecule has 34 heavy (non-hydrogen) atoms. The zero-order valence-corrected chi connectivity index (χ0v) is 20.5. The average Bonchev–Trinajstić information content (AvgIpc) is 3.07. The number of aliphatic hydroxyl groups excluding tert-OH is 1. The Bertz CT molecular complexity index is 1060. The van der Waals surface area contributed by atoms with E-state index in [2.05, 4.69) is 14.8 Å². The summed E-state index contributed by atoms with van der Waals surface area (Å²) in [5.41, 5.74) is 4.89. The lowest BCUT2D eigenvalue weighted by Gasteiger charge is -2.28. The summed E-state index contributed by atoms with van der Waals surface area (Å²) >= 11 is 6.17. The molecule has 14 heteroatoms. The predicted octanol–water partition coefficient (Wildman–Crippen LogP) is 1.46. The molecule has 1 saturated heterocycles. The normalized spacial score (nSPS) is 29.3. The van der Waals surface area contributed by atoms with Crippen LogP contribution in [0.5, 0.6) is 0 Å². The molecule has 7 atom stereocenters. The van der Waals surface area contributed by atoms with Gasteiger partial charge in [0.2, 0.25) is 0 Å². The van der Waals surface area contributed by atoms with Gasteiger partial charge in [0.05, 0.1) is 19.8 Å². The van der Waals surface area contributed by atoms with Crippen molar-refractivity contribution in [1.29, 1.82) is 0 Å². The lowest BCUT2D eigenvalue weighted by atomic mass is 10.0. The van der Waals surface area contributed by atoms with Crippen molar-refractivity contribution in [3.8, 4) is 0 Å². The molecule has 188 valence electrons. The van der Waals surface area contributed by atoms with Crippen molar-refractivity contribution in [3.05, 3.63) is 46.0 Å². The fourth-order valence-electron chi connectivity index (χ4n) is 3.55. The summed E-state index contributed by atoms with van der Waals surface area (Å²) in [7, 11) is -2.96. The van der Waals surface area contributed by atoms with Crippen LogP contribution in [0.1, 0.15) is 26.5 Å². The van der Waals surface area contributed by atoms with E-state index in [9.17, 15) is 19.3 Å². The van der Waals surface area contributed by atoms with Crippen LogP contribution < -0.4 is 16.5 Å². The van der Waals surface area contributed by atoms with E-state index in [0.29, 0.717) is 11.5 Å². The number of nitrogens with one attached hydrogen (secondary N) is 1. The molecule has 12 nitrogen and oxygen atoms in total. The summed E-state index contributed by atoms with van der Waals surface area (Å²) in [5, 5.41) is 13.5. The number of carbonyl (C=O) groups excluding carboxylic acids is 1. The molecule has 0 aromatic carbocycles. The van der Waals surface area contributed by atoms with Crippen molar-refractivity contribution in [1.82, 2.24) is 14.6 Å². The molecule has 0 amide bonds. The number of aromatic nitrogens is 2. The highest BCUT2D eigenvalue weighted by Crippen LogP contribution is 2.49. The number of halogens is 1. The Balaban J connectivity index is 1.75. The zero-order valence-electron chi connectivity index (χ0n) is 18.9. The third kappa shape index (κ3) is 6.14. The summed E-state index contributed by atoms with van der Waals surface area (Å²) in [6, 6.07) is 0.405. The maximum atomic E-state index is 13.6. The standard InChI is InChI=1S/C20H28ClN4O8P/c1-11-17(26)15(32-18(11)25-9-8-16(22)23-20(25)28)10-31-34(29,24-12(2)19(27)30-3)33-14-7-5-4-6-13(14)21/h4-6,8-9,11-12,14-15,17-18,26H,7,10H2,1-3H3,(H,24,29)(H2,22,23,28). The van der Waals surface area contributed by atoms with Crippen molar-refractivity contribution < 1.29 is 33.0 Å². The molecule has 7 unspecified atom stereocenters. The van der Waals surface area contributed by atoms with Gasteiger partial charge in [-0.1, -0.05) is 30.7 Å². The maximum absolute atomic E-state index is 13.6. The second-order valence-corrected chi connectivity index (χ2v) is 10.1. The zero-order chi connectivity index (χ0) is 25.0. The summed E-state index contributed by atoms with van der Waals surface area (Å²) in [4.78, 5) is 27.8. The third-order valence-electron chi connectivity index (χ3n) is 5.44. The maximum Gasteiger partial charge on any atom is 0.406 e. The van der Waals surface area contributed by atoms with Crippen LogP contribution in [0, 0.1) is 5.92 Å². The Hall–Kier alpha value is -2.05. The predicted molar refractivity (Wildman–Crippen MR) is 123 cm³/mol. The van der Waals surface area contributed by atoms with Gasteiger partial charge in [-0.25, -0.2) is 14.4 Å². The van der Waals surface area contributed by atoms with E-state index in [1.165, 1.54) is 30.9 Å². The first-order valence-corrected chi connectivity index (χ1v) is 12.5. The van der Waals surface area contributed by atoms with Crippen LogP contribution in [-0.2, 0) is 27.9 Å². The molecule has 1 aliphatic heterocycles. The highest BCUT2D eigenvalue weighted by Gasteiger charge is 2.44. The first-order chi connectivity index (χ1) is 16.0. The van der Waals surface area contributed by atoms with Gasteiger partial charge >= 0.3 is 19.4 Å². The Morgan fingerprint density at radius 1 is 1.53 bits per heavy atom. The van der Waals surface area contributed by atoms with Crippen LogP contribution in [0.25, 0.3) is 0 Å². The van der Waals surface area contributed by atoms with E-state index < -0.39 is 55.9 Å². The van der Waals surface area contributed by atoms with Gasteiger partial charge in [0.1, 0.15) is 30.3 Å². The number of allylic oxidation sites excluding steroid dienone is 2. The quantitative estimate of drug-likeness (QED) is 0.320. The molecule has 4 N–H and O–H groups in total. The number of aliphatic hydroxyl groups is 1. The van der Waals surface area contributed by atoms with Crippen molar-refractivity contribution in [2.24, 2.45) is 5.92 Å². The van der Waals surface area contributed by atoms with Crippen molar-refractivity contribution in [2.45, 2.75) is 50.8 Å². The summed E-state index contributed by atoms with van der Waals surface area (Å²) in [6.45, 7) is 2.74. The first-order valence-electron chi connectivity index (χ1n) is 10.5. The smallest absolute Gasteiger partial charge is 0.406 e. The minimum Gasteiger partial charge on any atom is -0.468 e. The number of carbonyl (C=O) groups is 1. The molecule has 0 spiro atoms. The number of nitrogen functional groups attached to an aromatic ring is 1. The van der Waals surface area contributed by atoms with Crippen molar-refractivity contribution in [2.75, 3.05) is 19.5 Å². The van der Waals surface area contributed by atoms with Gasteiger partial charge in [-0.3, -0.25) is 18.4 Å². The molecule has 1 aliphatic carbocycles. The molecular weight excluding hydrogens is 491 g/mol. The van der Waals surface area contributed by atoms with Gasteiger partial charge < -0.3 is 20.3 Å². The van der Waals surface area contributed by atoms with Crippen LogP contribution in [0.2, 0.25) is 0 Å². The number of nitrogens with two attached hydrogens (primary N) is 1. The average molecular weight is 519 g/mol. The van der Waals surface area contributed by atoms with Crippen LogP contribution in [0.15, 0.2) is 40.3 Å². The molecule has 1 aromatic heterocycles. The molecule has 3 rings (SSSR count). The monoisotopic (exact) mass is 518 g/mol. The Morgan fingerprint density at radius 3 is 2.91 bits per heavy atom. The second kappa shape index (κ2) is 11.1. The van der Waals surface area contributed by atoms with Crippen LogP contribution in [0.3, 0.4) is 0 Å². The highest BCUT2D eigenvalue weighted by molar-refractivity contribution is 7.51. The Kier molecular flexibility index (Phi) is 8.69. The van der Waals surface area contributed by atoms with Crippen molar-refractivity contribution in [3.63, 3.8) is 0 Å². The molecule has 0 bridgehead atoms. The molecule has 2 heterocycles. The molecule has 1 aromatic rings. The fraction of sp³-hybridized carbons (Fsp3) is 0.550. The minimum atomic E-state index is -4.15. The van der Waals surface area contributed by atoms with Crippen LogP contribution >= 0.6 is 19.3 Å².